The third kappa shape index (κ3) is 6.02. The zero-order chi connectivity index (χ0) is 17.8. The van der Waals surface area contributed by atoms with Gasteiger partial charge in [-0.2, -0.15) is 4.99 Å². The normalized spacial score (nSPS) is 14.6. The van der Waals surface area contributed by atoms with Crippen LogP contribution in [-0.4, -0.2) is 17.3 Å². The molecule has 0 aliphatic rings. The molecular formula is C17H24ClFN4. The summed E-state index contributed by atoms with van der Waals surface area (Å²) in [5, 5.41) is 3.76. The fourth-order valence-electron chi connectivity index (χ4n) is 1.81. The first-order valence-electron chi connectivity index (χ1n) is 7.31. The summed E-state index contributed by atoms with van der Waals surface area (Å²) < 4.78 is 13.7. The van der Waals surface area contributed by atoms with Crippen LogP contribution in [0.5, 0.6) is 0 Å². The summed E-state index contributed by atoms with van der Waals surface area (Å²) in [5.41, 5.74) is 6.43. The molecule has 0 saturated heterocycles. The highest BCUT2D eigenvalue weighted by molar-refractivity contribution is 6.31. The minimum Gasteiger partial charge on any atom is -0.368 e. The van der Waals surface area contributed by atoms with Crippen molar-refractivity contribution in [3.8, 4) is 0 Å². The molecule has 3 N–H and O–H groups in total. The van der Waals surface area contributed by atoms with Crippen LogP contribution in [0.25, 0.3) is 0 Å². The van der Waals surface area contributed by atoms with Crippen molar-refractivity contribution in [2.24, 2.45) is 15.7 Å². The molecule has 126 valence electrons. The monoisotopic (exact) mass is 338 g/mol. The minimum atomic E-state index is -1.54. The van der Waals surface area contributed by atoms with E-state index in [0.717, 1.165) is 11.1 Å². The van der Waals surface area contributed by atoms with E-state index in [-0.39, 0.29) is 17.7 Å². The van der Waals surface area contributed by atoms with E-state index >= 15 is 0 Å². The van der Waals surface area contributed by atoms with E-state index in [0.29, 0.717) is 10.8 Å². The second-order valence-electron chi connectivity index (χ2n) is 5.98. The Morgan fingerprint density at radius 2 is 2.00 bits per heavy atom. The number of benzene rings is 1. The molecule has 0 bridgehead atoms. The van der Waals surface area contributed by atoms with Gasteiger partial charge in [0.25, 0.3) is 0 Å². The molecule has 1 atom stereocenters. The molecule has 0 aliphatic heterocycles. The maximum Gasteiger partial charge on any atom is 0.221 e. The third-order valence-electron chi connectivity index (χ3n) is 3.40. The quantitative estimate of drug-likeness (QED) is 0.621. The molecule has 23 heavy (non-hydrogen) atoms. The highest BCUT2D eigenvalue weighted by atomic mass is 35.5. The first-order valence-corrected chi connectivity index (χ1v) is 7.69. The second-order valence-corrected chi connectivity index (χ2v) is 6.38. The van der Waals surface area contributed by atoms with E-state index in [1.165, 1.54) is 13.8 Å². The van der Waals surface area contributed by atoms with Crippen LogP contribution in [0.15, 0.2) is 40.6 Å². The SMILES string of the molecule is C=C(/N=C(N)\N=C(/C)C(C)(C)F)NC(C)c1ccc(C)cc1Cl. The highest BCUT2D eigenvalue weighted by Gasteiger charge is 2.20. The fraction of sp³-hybridized carbons (Fsp3) is 0.412. The van der Waals surface area contributed by atoms with Crippen molar-refractivity contribution in [3.63, 3.8) is 0 Å². The Bertz CT molecular complexity index is 644. The summed E-state index contributed by atoms with van der Waals surface area (Å²) in [6.45, 7) is 12.1. The van der Waals surface area contributed by atoms with Gasteiger partial charge < -0.3 is 11.1 Å². The average molecular weight is 339 g/mol. The molecule has 0 spiro atoms. The smallest absolute Gasteiger partial charge is 0.221 e. The van der Waals surface area contributed by atoms with E-state index in [1.54, 1.807) is 6.92 Å². The summed E-state index contributed by atoms with van der Waals surface area (Å²) in [4.78, 5) is 7.97. The van der Waals surface area contributed by atoms with Gasteiger partial charge in [0.15, 0.2) is 0 Å². The summed E-state index contributed by atoms with van der Waals surface area (Å²) in [7, 11) is 0. The van der Waals surface area contributed by atoms with Crippen LogP contribution in [0.3, 0.4) is 0 Å². The number of guanidine groups is 1. The number of nitrogens with one attached hydrogen (secondary N) is 1. The van der Waals surface area contributed by atoms with E-state index in [9.17, 15) is 4.39 Å². The fourth-order valence-corrected chi connectivity index (χ4v) is 2.21. The van der Waals surface area contributed by atoms with Crippen LogP contribution in [0.4, 0.5) is 4.39 Å². The summed E-state index contributed by atoms with van der Waals surface area (Å²) >= 11 is 6.24. The summed E-state index contributed by atoms with van der Waals surface area (Å²) in [6.07, 6.45) is 0. The number of halogens is 2. The lowest BCUT2D eigenvalue weighted by atomic mass is 10.1. The van der Waals surface area contributed by atoms with Crippen LogP contribution in [0.1, 0.15) is 44.9 Å². The van der Waals surface area contributed by atoms with E-state index in [4.69, 9.17) is 17.3 Å². The molecule has 1 aromatic rings. The first-order chi connectivity index (χ1) is 10.5. The Morgan fingerprint density at radius 1 is 1.39 bits per heavy atom. The Hall–Kier alpha value is -1.88. The maximum absolute atomic E-state index is 13.7. The van der Waals surface area contributed by atoms with Crippen molar-refractivity contribution in [1.82, 2.24) is 5.32 Å². The molecule has 0 saturated carbocycles. The number of aliphatic imine (C=N–C) groups is 2. The van der Waals surface area contributed by atoms with Gasteiger partial charge >= 0.3 is 0 Å². The molecule has 1 unspecified atom stereocenters. The molecule has 0 aromatic heterocycles. The average Bonchev–Trinajstić information content (AvgIpc) is 2.36. The van der Waals surface area contributed by atoms with Crippen molar-refractivity contribution in [2.75, 3.05) is 0 Å². The van der Waals surface area contributed by atoms with Gasteiger partial charge in [-0.1, -0.05) is 30.3 Å². The van der Waals surface area contributed by atoms with Gasteiger partial charge in [0, 0.05) is 5.02 Å². The summed E-state index contributed by atoms with van der Waals surface area (Å²) in [5.74, 6) is 0.285. The van der Waals surface area contributed by atoms with Crippen molar-refractivity contribution in [3.05, 3.63) is 46.7 Å². The molecule has 0 amide bonds. The number of hydrogen-bond donors (Lipinski definition) is 2. The van der Waals surface area contributed by atoms with Crippen LogP contribution < -0.4 is 11.1 Å². The Morgan fingerprint density at radius 3 is 2.52 bits per heavy atom. The van der Waals surface area contributed by atoms with E-state index in [1.807, 2.05) is 32.0 Å². The number of alkyl halides is 1. The Balaban J connectivity index is 2.81. The standard InChI is InChI=1S/C17H24ClFN4/c1-10-7-8-14(15(18)9-10)11(2)21-13(4)23-16(20)22-12(3)17(5,6)19/h7-9,11,21H,4H2,1-3,5-6H3,(H2,20,23)/b22-12+. The molecule has 1 rings (SSSR count). The highest BCUT2D eigenvalue weighted by Crippen LogP contribution is 2.24. The van der Waals surface area contributed by atoms with Gasteiger partial charge in [-0.3, -0.25) is 0 Å². The van der Waals surface area contributed by atoms with Crippen LogP contribution in [0, 0.1) is 6.92 Å². The predicted octanol–water partition coefficient (Wildman–Crippen LogP) is 4.29. The molecule has 0 aliphatic carbocycles. The lowest BCUT2D eigenvalue weighted by Crippen LogP contribution is -2.26. The number of rotatable bonds is 5. The second kappa shape index (κ2) is 7.59. The molecule has 1 aromatic carbocycles. The topological polar surface area (TPSA) is 62.8 Å². The van der Waals surface area contributed by atoms with E-state index in [2.05, 4.69) is 21.9 Å². The first kappa shape index (κ1) is 19.2. The zero-order valence-corrected chi connectivity index (χ0v) is 15.0. The van der Waals surface area contributed by atoms with Gasteiger partial charge in [-0.05, 0) is 51.8 Å². The Labute approximate surface area is 142 Å². The zero-order valence-electron chi connectivity index (χ0n) is 14.2. The Kier molecular flexibility index (Phi) is 6.33. The summed E-state index contributed by atoms with van der Waals surface area (Å²) in [6, 6.07) is 5.72. The predicted molar refractivity (Wildman–Crippen MR) is 96.8 cm³/mol. The van der Waals surface area contributed by atoms with Crippen molar-refractivity contribution >= 4 is 23.3 Å². The third-order valence-corrected chi connectivity index (χ3v) is 3.73. The van der Waals surface area contributed by atoms with Crippen molar-refractivity contribution in [2.45, 2.75) is 46.3 Å². The molecular weight excluding hydrogens is 315 g/mol. The van der Waals surface area contributed by atoms with Crippen LogP contribution in [-0.2, 0) is 0 Å². The number of hydrogen-bond acceptors (Lipinski definition) is 2. The maximum atomic E-state index is 13.7. The number of nitrogens with zero attached hydrogens (tertiary/aromatic N) is 2. The van der Waals surface area contributed by atoms with Gasteiger partial charge in [-0.15, -0.1) is 0 Å². The van der Waals surface area contributed by atoms with Gasteiger partial charge in [-0.25, -0.2) is 9.38 Å². The molecule has 0 fully saturated rings. The minimum absolute atomic E-state index is 0.0482. The lowest BCUT2D eigenvalue weighted by Gasteiger charge is -2.17. The van der Waals surface area contributed by atoms with Gasteiger partial charge in [0.2, 0.25) is 5.96 Å². The largest absolute Gasteiger partial charge is 0.368 e. The van der Waals surface area contributed by atoms with Crippen molar-refractivity contribution in [1.29, 1.82) is 0 Å². The van der Waals surface area contributed by atoms with Gasteiger partial charge in [0.05, 0.1) is 11.8 Å². The number of nitrogens with two attached hydrogens (primary N) is 1. The van der Waals surface area contributed by atoms with Crippen LogP contribution in [0.2, 0.25) is 5.02 Å². The lowest BCUT2D eigenvalue weighted by molar-refractivity contribution is 0.312. The molecule has 0 radical (unpaired) electrons. The van der Waals surface area contributed by atoms with Crippen LogP contribution >= 0.6 is 11.6 Å². The molecule has 4 nitrogen and oxygen atoms in total. The van der Waals surface area contributed by atoms with E-state index < -0.39 is 5.67 Å². The molecule has 0 heterocycles. The number of aryl methyl sites for hydroxylation is 1. The molecule has 6 heteroatoms. The van der Waals surface area contributed by atoms with Gasteiger partial charge in [0.1, 0.15) is 11.5 Å². The van der Waals surface area contributed by atoms with Crippen molar-refractivity contribution < 1.29 is 4.39 Å².